The zero-order valence-corrected chi connectivity index (χ0v) is 18.1. The van der Waals surface area contributed by atoms with Crippen LogP contribution in [0.2, 0.25) is 0 Å². The minimum absolute atomic E-state index is 0. The summed E-state index contributed by atoms with van der Waals surface area (Å²) in [6, 6.07) is 5.07. The summed E-state index contributed by atoms with van der Waals surface area (Å²) in [5, 5.41) is 6.60. The van der Waals surface area contributed by atoms with Crippen LogP contribution in [-0.4, -0.2) is 67.7 Å². The summed E-state index contributed by atoms with van der Waals surface area (Å²) in [5.74, 6) is 2.11. The zero-order valence-electron chi connectivity index (χ0n) is 16.4. The maximum atomic E-state index is 12.9. The topological polar surface area (TPSA) is 79.9 Å². The minimum atomic E-state index is -0.388. The van der Waals surface area contributed by atoms with Crippen molar-refractivity contribution < 1.29 is 19.1 Å². The van der Waals surface area contributed by atoms with E-state index in [2.05, 4.69) is 10.6 Å². The number of ether oxygens (including phenoxy) is 2. The molecule has 2 N–H and O–H groups in total. The lowest BCUT2D eigenvalue weighted by molar-refractivity contribution is -0.121. The number of methoxy groups -OCH3 is 2. The Morgan fingerprint density at radius 3 is 2.61 bits per heavy atom. The molecule has 1 aromatic carbocycles. The summed E-state index contributed by atoms with van der Waals surface area (Å²) in [6.07, 6.45) is 4.25. The summed E-state index contributed by atoms with van der Waals surface area (Å²) in [6.45, 7) is 1.16. The lowest BCUT2D eigenvalue weighted by Crippen LogP contribution is -2.58. The molecule has 3 rings (SSSR count). The van der Waals surface area contributed by atoms with Crippen LogP contribution in [0, 0.1) is 0 Å². The summed E-state index contributed by atoms with van der Waals surface area (Å²) < 4.78 is 10.6. The van der Waals surface area contributed by atoms with Crippen LogP contribution in [0.3, 0.4) is 0 Å². The second kappa shape index (κ2) is 9.71. The monoisotopic (exact) mass is 429 g/mol. The van der Waals surface area contributed by atoms with Crippen LogP contribution < -0.4 is 20.1 Å². The highest BCUT2D eigenvalue weighted by molar-refractivity contribution is 7.98. The van der Waals surface area contributed by atoms with Crippen molar-refractivity contribution in [1.29, 1.82) is 0 Å². The Hall–Kier alpha value is -1.64. The number of hydrogen-bond acceptors (Lipinski definition) is 6. The van der Waals surface area contributed by atoms with Crippen molar-refractivity contribution in [3.63, 3.8) is 0 Å². The van der Waals surface area contributed by atoms with Crippen LogP contribution in [0.25, 0.3) is 0 Å². The van der Waals surface area contributed by atoms with Gasteiger partial charge in [0.1, 0.15) is 11.5 Å². The van der Waals surface area contributed by atoms with Gasteiger partial charge in [0.2, 0.25) is 5.91 Å². The van der Waals surface area contributed by atoms with Crippen LogP contribution >= 0.6 is 24.2 Å². The van der Waals surface area contributed by atoms with Crippen LogP contribution in [0.15, 0.2) is 18.2 Å². The van der Waals surface area contributed by atoms with Crippen molar-refractivity contribution in [2.45, 2.75) is 31.0 Å². The molecule has 1 spiro atoms. The van der Waals surface area contributed by atoms with E-state index in [9.17, 15) is 9.59 Å². The number of rotatable bonds is 6. The van der Waals surface area contributed by atoms with Crippen LogP contribution in [0.4, 0.5) is 0 Å². The predicted molar refractivity (Wildman–Crippen MR) is 113 cm³/mol. The molecule has 1 aromatic rings. The molecule has 28 heavy (non-hydrogen) atoms. The van der Waals surface area contributed by atoms with Gasteiger partial charge in [0.15, 0.2) is 0 Å². The molecule has 2 saturated heterocycles. The Kier molecular flexibility index (Phi) is 7.86. The lowest BCUT2D eigenvalue weighted by Gasteiger charge is -2.39. The average Bonchev–Trinajstić information content (AvgIpc) is 3.00. The molecular formula is C19H28ClN3O4S. The average molecular weight is 430 g/mol. The molecule has 0 bridgehead atoms. The molecule has 2 heterocycles. The quantitative estimate of drug-likeness (QED) is 0.719. The first-order chi connectivity index (χ1) is 13.0. The van der Waals surface area contributed by atoms with Gasteiger partial charge in [-0.25, -0.2) is 0 Å². The van der Waals surface area contributed by atoms with Gasteiger partial charge in [-0.05, 0) is 30.6 Å². The Morgan fingerprint density at radius 2 is 2.00 bits per heavy atom. The molecule has 1 atom stereocenters. The molecule has 0 saturated carbocycles. The summed E-state index contributed by atoms with van der Waals surface area (Å²) >= 11 is 1.74. The lowest BCUT2D eigenvalue weighted by atomic mass is 9.97. The number of halogens is 1. The van der Waals surface area contributed by atoms with Crippen molar-refractivity contribution in [3.8, 4) is 11.5 Å². The van der Waals surface area contributed by atoms with Crippen molar-refractivity contribution >= 4 is 36.0 Å². The van der Waals surface area contributed by atoms with Gasteiger partial charge < -0.3 is 19.7 Å². The Morgan fingerprint density at radius 1 is 1.29 bits per heavy atom. The number of piperidine rings is 1. The third-order valence-electron chi connectivity index (χ3n) is 5.28. The van der Waals surface area contributed by atoms with E-state index in [1.54, 1.807) is 44.2 Å². The Bertz CT molecular complexity index is 710. The second-order valence-electron chi connectivity index (χ2n) is 6.91. The number of thioether (sulfide) groups is 1. The van der Waals surface area contributed by atoms with Gasteiger partial charge in [0, 0.05) is 32.0 Å². The minimum Gasteiger partial charge on any atom is -0.497 e. The highest BCUT2D eigenvalue weighted by Crippen LogP contribution is 2.29. The number of benzene rings is 1. The third kappa shape index (κ3) is 4.67. The molecular weight excluding hydrogens is 402 g/mol. The van der Waals surface area contributed by atoms with E-state index in [1.165, 1.54) is 0 Å². The van der Waals surface area contributed by atoms with Crippen molar-refractivity contribution in [1.82, 2.24) is 15.5 Å². The first-order valence-corrected chi connectivity index (χ1v) is 10.5. The Labute approximate surface area is 176 Å². The number of hydrogen-bond donors (Lipinski definition) is 2. The van der Waals surface area contributed by atoms with Crippen LogP contribution in [-0.2, 0) is 4.79 Å². The number of nitrogens with one attached hydrogen (secondary N) is 2. The molecule has 0 aliphatic carbocycles. The van der Waals surface area contributed by atoms with E-state index in [4.69, 9.17) is 9.47 Å². The van der Waals surface area contributed by atoms with E-state index >= 15 is 0 Å². The number of amides is 2. The molecule has 7 nitrogen and oxygen atoms in total. The molecule has 0 unspecified atom stereocenters. The number of nitrogens with zero attached hydrogens (tertiary/aromatic N) is 1. The molecule has 2 aliphatic rings. The maximum Gasteiger partial charge on any atom is 0.257 e. The first kappa shape index (κ1) is 22.6. The fourth-order valence-corrected chi connectivity index (χ4v) is 4.17. The van der Waals surface area contributed by atoms with Crippen molar-refractivity contribution in [3.05, 3.63) is 23.8 Å². The summed E-state index contributed by atoms with van der Waals surface area (Å²) in [5.41, 5.74) is 0.136. The third-order valence-corrected chi connectivity index (χ3v) is 5.93. The summed E-state index contributed by atoms with van der Waals surface area (Å²) in [7, 11) is 3.12. The van der Waals surface area contributed by atoms with Gasteiger partial charge in [-0.1, -0.05) is 0 Å². The number of carbonyl (C=O) groups is 2. The SMILES string of the molecule is COc1ccc(C(=O)N2CCC3(CC2)NC(=O)[C@H](CCSC)N3)c(OC)c1.Cl. The van der Waals surface area contributed by atoms with Crippen LogP contribution in [0.5, 0.6) is 11.5 Å². The molecule has 9 heteroatoms. The number of carbonyl (C=O) groups excluding carboxylic acids is 2. The van der Waals surface area contributed by atoms with Gasteiger partial charge >= 0.3 is 0 Å². The zero-order chi connectivity index (χ0) is 19.4. The van der Waals surface area contributed by atoms with E-state index in [0.29, 0.717) is 43.0 Å². The van der Waals surface area contributed by atoms with Gasteiger partial charge in [-0.3, -0.25) is 14.9 Å². The first-order valence-electron chi connectivity index (χ1n) is 9.12. The molecule has 156 valence electrons. The fraction of sp³-hybridized carbons (Fsp3) is 0.579. The van der Waals surface area contributed by atoms with Gasteiger partial charge in [-0.15, -0.1) is 12.4 Å². The molecule has 0 radical (unpaired) electrons. The predicted octanol–water partition coefficient (Wildman–Crippen LogP) is 1.90. The van der Waals surface area contributed by atoms with Crippen molar-refractivity contribution in [2.75, 3.05) is 39.3 Å². The largest absolute Gasteiger partial charge is 0.497 e. The Balaban J connectivity index is 0.00000280. The van der Waals surface area contributed by atoms with Gasteiger partial charge in [0.25, 0.3) is 5.91 Å². The second-order valence-corrected chi connectivity index (χ2v) is 7.89. The van der Waals surface area contributed by atoms with E-state index < -0.39 is 0 Å². The van der Waals surface area contributed by atoms with Crippen LogP contribution in [0.1, 0.15) is 29.6 Å². The highest BCUT2D eigenvalue weighted by Gasteiger charge is 2.45. The smallest absolute Gasteiger partial charge is 0.257 e. The standard InChI is InChI=1S/C19H27N3O4S.ClH/c1-25-13-4-5-14(16(12-13)26-2)18(24)22-9-7-19(8-10-22)20-15(6-11-27-3)17(23)21-19;/h4-5,12,15,20H,6-11H2,1-3H3,(H,21,23);1H/t15-;/m0./s1. The number of likely N-dealkylation sites (tertiary alicyclic amines) is 1. The van der Waals surface area contributed by atoms with E-state index in [0.717, 1.165) is 12.2 Å². The highest BCUT2D eigenvalue weighted by atomic mass is 35.5. The molecule has 2 amide bonds. The van der Waals surface area contributed by atoms with Crippen molar-refractivity contribution in [2.24, 2.45) is 0 Å². The molecule has 2 fully saturated rings. The summed E-state index contributed by atoms with van der Waals surface area (Å²) in [4.78, 5) is 27.0. The van der Waals surface area contributed by atoms with Gasteiger partial charge in [-0.2, -0.15) is 11.8 Å². The molecule has 2 aliphatic heterocycles. The van der Waals surface area contributed by atoms with E-state index in [-0.39, 0.29) is 35.9 Å². The fourth-order valence-electron chi connectivity index (χ4n) is 3.70. The molecule has 0 aromatic heterocycles. The van der Waals surface area contributed by atoms with E-state index in [1.807, 2.05) is 11.2 Å². The van der Waals surface area contributed by atoms with Gasteiger partial charge in [0.05, 0.1) is 31.5 Å². The maximum absolute atomic E-state index is 12.9. The normalized spacial score (nSPS) is 20.5.